The quantitative estimate of drug-likeness (QED) is 0.0442. The van der Waals surface area contributed by atoms with Crippen molar-refractivity contribution in [3.05, 3.63) is 349 Å². The number of hydrogen-bond donors (Lipinski definition) is 0. The van der Waals surface area contributed by atoms with Crippen molar-refractivity contribution in [2.24, 2.45) is 29.6 Å². The Morgan fingerprint density at radius 3 is 1.14 bits per heavy atom. The summed E-state index contributed by atoms with van der Waals surface area (Å²) in [5, 5.41) is 7.94. The third-order valence-electron chi connectivity index (χ3n) is 26.0. The molecule has 18 heteroatoms. The molecule has 21 rings (SSSR count). The molecule has 0 saturated heterocycles. The van der Waals surface area contributed by atoms with Crippen LogP contribution in [0.1, 0.15) is 225 Å². The van der Waals surface area contributed by atoms with Crippen LogP contribution in [0.25, 0.3) is 145 Å². The number of pyridine rings is 9. The minimum atomic E-state index is -2.30. The van der Waals surface area contributed by atoms with Crippen molar-refractivity contribution in [1.82, 2.24) is 44.9 Å². The summed E-state index contributed by atoms with van der Waals surface area (Å²) in [5.41, 5.74) is 17.3. The fourth-order valence-electron chi connectivity index (χ4n) is 18.5. The minimum Gasteiger partial charge on any atom is -0.486 e. The SMILES string of the molecule is [2H]C([2H])([2H])c1ccc2c(n1)oc1c[c-]c(-c3cc(C([2H])(CC)CC)ccn3)cc12.[2H]C([2H])([2H])c1ccc2c(n1)oc1c[c-]c(-c3cc(C([2H])([2H])C4CCCCC4)ccn3)cc12.[2H]C([2H])(c1cc(-c2[c-]cccc2)ncc1[Si](C)(C)C)C(C)C.[2H]C([2H])(c1cc(-c2[c-]cccc2)ncc1[Si](C)(C)C)C(C)C.[2H]C([2H])(c1cc(-c2[c-]cccc2)ncc1[Si](C)(C)C)C(C)C.[2H]c1c([2H])c([2H])c(-c2ccc3c(n2)oc2c[c-]c(-c4cc(C([2H])(C)C5CCCCC5)ccn4)cc23)c([2H])c1[2H].[Ir].[Ir].[Ir]. The molecule has 19 aromatic rings. The Morgan fingerprint density at radius 1 is 0.378 bits per heavy atom. The van der Waals surface area contributed by atoms with E-state index in [1.165, 1.54) is 37.8 Å². The average molecular weight is 2560 g/mol. The molecule has 2 aliphatic rings. The molecule has 12 heterocycles. The summed E-state index contributed by atoms with van der Waals surface area (Å²) in [6.45, 7) is 33.2. The third-order valence-corrected chi connectivity index (χ3v) is 32.1. The molecule has 0 bridgehead atoms. The second-order valence-electron chi connectivity index (χ2n) is 41.2. The molecule has 1 unspecified atom stereocenters. The van der Waals surface area contributed by atoms with Crippen LogP contribution in [0.4, 0.5) is 0 Å². The number of hydrogen-bond acceptors (Lipinski definition) is 12. The topological polar surface area (TPSA) is 155 Å². The molecule has 1 atom stereocenters. The Bertz CT molecular complexity index is 8390. The standard InChI is InChI=1S/C30H27N2O.C24H23N2O.C22H21N2O.3C18H24NSi.3Ir/c1-20(21-8-4-2-5-9-21)23-16-17-31-28(19-23)24-12-15-29-26(18-24)25-13-14-27(32-30(25)33-29)22-10-6-3-7-11-22;1-16-7-9-20-21-15-19(8-10-23(21)27-24(20)26-16)22-14-18(11-12-25-22)13-17-5-3-2-4-6-17;1-4-15(5-2)16-10-11-23-20(13-16)17-7-9-21-19(12-17)18-8-6-14(3)24-22(18)25-21;3*1-14(2)11-16-12-17(15-9-7-6-8-10-15)19-13-18(16)20(3,4)5;;;/h3,6-7,10-11,13-21H,2,4-5,8-9H2,1H3;7,9-12,14-15,17H,2-6,13H2,1H3;6,8-13,15H,4-5H2,1-3H3;3*6-9,12-14H,11H2,1-5H3;;;/q6*-1;;;/i3D,6D,7D,10D,11D,20D;1D3,13D2;3D3,15D;3*11D2;;;. The smallest absolute Gasteiger partial charge is 0.216 e. The van der Waals surface area contributed by atoms with Gasteiger partial charge < -0.3 is 43.2 Å². The summed E-state index contributed by atoms with van der Waals surface area (Å²) in [5.74, 6) is -1.23. The normalized spacial score (nSPS) is 16.1. The van der Waals surface area contributed by atoms with Crippen molar-refractivity contribution in [2.75, 3.05) is 0 Å². The van der Waals surface area contributed by atoms with Crippen LogP contribution < -0.4 is 15.6 Å². The van der Waals surface area contributed by atoms with Gasteiger partial charge >= 0.3 is 0 Å². The Balaban J connectivity index is 0.000000168. The number of aryl methyl sites for hydroxylation is 2. The van der Waals surface area contributed by atoms with E-state index in [0.29, 0.717) is 45.4 Å². The number of rotatable bonds is 23. The van der Waals surface area contributed by atoms with Crippen LogP contribution in [0.5, 0.6) is 0 Å². The fourth-order valence-corrected chi connectivity index (χ4v) is 22.7. The molecule has 0 N–H and O–H groups in total. The molecule has 2 aliphatic carbocycles. The molecule has 3 radical (unpaired) electrons. The summed E-state index contributed by atoms with van der Waals surface area (Å²) in [7, 11) is -5.01. The van der Waals surface area contributed by atoms with Crippen molar-refractivity contribution in [1.29, 1.82) is 0 Å². The number of fused-ring (bicyclic) bond motifs is 9. The van der Waals surface area contributed by atoms with E-state index >= 15 is 0 Å². The molecule has 7 aromatic carbocycles. The molecule has 0 spiro atoms. The maximum absolute atomic E-state index is 9.17. The number of nitrogens with zero attached hydrogens (tertiary/aromatic N) is 9. The maximum Gasteiger partial charge on any atom is 0.216 e. The summed E-state index contributed by atoms with van der Waals surface area (Å²) in [6, 6.07) is 78.4. The number of aromatic nitrogens is 9. The van der Waals surface area contributed by atoms with E-state index in [2.05, 4.69) is 140 Å². The molecule has 0 amide bonds. The summed E-state index contributed by atoms with van der Waals surface area (Å²) in [4.78, 5) is 40.2. The van der Waals surface area contributed by atoms with E-state index in [0.717, 1.165) is 189 Å². The summed E-state index contributed by atoms with van der Waals surface area (Å²) < 4.78 is 190. The van der Waals surface area contributed by atoms with Gasteiger partial charge in [-0.3, -0.25) is 0 Å². The van der Waals surface area contributed by atoms with Crippen LogP contribution in [0.3, 0.4) is 0 Å². The predicted octanol–water partition coefficient (Wildman–Crippen LogP) is 33.4. The molecule has 2 fully saturated rings. The van der Waals surface area contributed by atoms with Gasteiger partial charge in [0.1, 0.15) is 0 Å². The monoisotopic (exact) mass is 2560 g/mol. The van der Waals surface area contributed by atoms with Crippen molar-refractivity contribution in [3.63, 3.8) is 0 Å². The minimum absolute atomic E-state index is 0. The van der Waals surface area contributed by atoms with Crippen LogP contribution in [-0.4, -0.2) is 69.1 Å². The van der Waals surface area contributed by atoms with E-state index in [-0.39, 0.29) is 124 Å². The van der Waals surface area contributed by atoms with Gasteiger partial charge in [-0.05, 0) is 211 Å². The first-order valence-corrected chi connectivity index (χ1v) is 61.2. The van der Waals surface area contributed by atoms with Crippen molar-refractivity contribution >= 4 is 106 Å². The van der Waals surface area contributed by atoms with E-state index in [1.54, 1.807) is 67.1 Å². The van der Waals surface area contributed by atoms with Gasteiger partial charge in [0.25, 0.3) is 0 Å². The fraction of sp³-hybridized carbons (Fsp3) is 0.331. The van der Waals surface area contributed by atoms with Gasteiger partial charge in [-0.2, -0.15) is 0 Å². The van der Waals surface area contributed by atoms with E-state index in [9.17, 15) is 1.37 Å². The Hall–Kier alpha value is -11.1. The van der Waals surface area contributed by atoms with Gasteiger partial charge in [-0.1, -0.05) is 289 Å². The molecule has 0 aliphatic heterocycles. The van der Waals surface area contributed by atoms with Gasteiger partial charge in [-0.15, -0.1) is 179 Å². The van der Waals surface area contributed by atoms with Gasteiger partial charge in [-0.25, -0.2) is 15.0 Å². The first-order chi connectivity index (χ1) is 78.1. The van der Waals surface area contributed by atoms with E-state index in [4.69, 9.17) is 40.7 Å². The molecule has 12 aromatic heterocycles. The summed E-state index contributed by atoms with van der Waals surface area (Å²) >= 11 is 0. The van der Waals surface area contributed by atoms with Gasteiger partial charge in [0.2, 0.25) is 17.1 Å². The van der Waals surface area contributed by atoms with Crippen LogP contribution in [0.2, 0.25) is 58.9 Å². The first kappa shape index (κ1) is 87.6. The second-order valence-corrected chi connectivity index (χ2v) is 56.4. The first-order valence-electron chi connectivity index (χ1n) is 61.2. The average Bonchev–Trinajstić information content (AvgIpc) is 1.27. The second kappa shape index (κ2) is 52.6. The van der Waals surface area contributed by atoms with E-state index < -0.39 is 93.3 Å². The summed E-state index contributed by atoms with van der Waals surface area (Å²) in [6.07, 6.45) is 17.7. The van der Waals surface area contributed by atoms with Gasteiger partial charge in [0.15, 0.2) is 0 Å². The van der Waals surface area contributed by atoms with Gasteiger partial charge in [0.05, 0.1) is 53.5 Å². The third kappa shape index (κ3) is 29.6. The molecule has 2 saturated carbocycles. The molecule has 12 nitrogen and oxygen atoms in total. The van der Waals surface area contributed by atoms with Crippen molar-refractivity contribution in [3.8, 4) is 78.8 Å². The van der Waals surface area contributed by atoms with Crippen LogP contribution in [0, 0.1) is 79.7 Å². The van der Waals surface area contributed by atoms with Crippen LogP contribution >= 0.6 is 0 Å². The predicted molar refractivity (Wildman–Crippen MR) is 614 cm³/mol. The van der Waals surface area contributed by atoms with Crippen LogP contribution in [-0.2, 0) is 85.8 Å². The van der Waals surface area contributed by atoms with E-state index in [1.807, 2.05) is 220 Å². The zero-order valence-corrected chi connectivity index (χ0v) is 97.8. The molecular weight excluding hydrogens is 2400 g/mol. The number of furan rings is 3. The largest absolute Gasteiger partial charge is 0.486 e. The van der Waals surface area contributed by atoms with Crippen molar-refractivity contribution < 1.29 is 102 Å². The molecular formula is C130H143Ir3N9O3Si3-6. The zero-order chi connectivity index (χ0) is 120. The molecule has 148 heavy (non-hydrogen) atoms. The Morgan fingerprint density at radius 2 is 0.750 bits per heavy atom. The molecule has 771 valence electrons. The zero-order valence-electron chi connectivity index (χ0n) is 109. The van der Waals surface area contributed by atoms with Gasteiger partial charge in [0, 0.05) is 153 Å². The Labute approximate surface area is 952 Å². The van der Waals surface area contributed by atoms with Crippen molar-refractivity contribution in [2.45, 2.75) is 249 Å². The van der Waals surface area contributed by atoms with Crippen LogP contribution in [0.15, 0.2) is 281 Å². The Kier molecular flexibility index (Phi) is 31.1. The maximum atomic E-state index is 9.17. The number of benzene rings is 7.